The first-order valence-corrected chi connectivity index (χ1v) is 6.89. The topological polar surface area (TPSA) is 35.2 Å². The monoisotopic (exact) mass is 273 g/mol. The number of hydrogen-bond donors (Lipinski definition) is 1. The van der Waals surface area contributed by atoms with Crippen molar-refractivity contribution in [1.29, 1.82) is 0 Å². The van der Waals surface area contributed by atoms with E-state index in [0.717, 1.165) is 29.7 Å². The van der Waals surface area contributed by atoms with E-state index in [-0.39, 0.29) is 11.9 Å². The van der Waals surface area contributed by atoms with Crippen LogP contribution in [-0.4, -0.2) is 6.04 Å². The molecule has 0 amide bonds. The van der Waals surface area contributed by atoms with Crippen molar-refractivity contribution < 1.29 is 9.13 Å². The fourth-order valence-corrected chi connectivity index (χ4v) is 2.00. The fraction of sp³-hybridized carbons (Fsp3) is 0.294. The Morgan fingerprint density at radius 3 is 2.60 bits per heavy atom. The third-order valence-electron chi connectivity index (χ3n) is 3.22. The number of ether oxygens (including phenoxy) is 1. The Kier molecular flexibility index (Phi) is 5.13. The van der Waals surface area contributed by atoms with E-state index in [1.54, 1.807) is 6.07 Å². The second-order valence-electron chi connectivity index (χ2n) is 4.94. The predicted octanol–water partition coefficient (Wildman–Crippen LogP) is 3.68. The molecule has 2 aromatic carbocycles. The fourth-order valence-electron chi connectivity index (χ4n) is 2.00. The van der Waals surface area contributed by atoms with Gasteiger partial charge in [0.15, 0.2) is 0 Å². The van der Waals surface area contributed by atoms with Gasteiger partial charge in [-0.15, -0.1) is 0 Å². The molecule has 106 valence electrons. The number of benzene rings is 2. The van der Waals surface area contributed by atoms with E-state index in [2.05, 4.69) is 6.92 Å². The highest BCUT2D eigenvalue weighted by molar-refractivity contribution is 5.29. The molecule has 20 heavy (non-hydrogen) atoms. The first kappa shape index (κ1) is 14.5. The van der Waals surface area contributed by atoms with Crippen molar-refractivity contribution in [2.24, 2.45) is 5.73 Å². The number of rotatable bonds is 6. The molecule has 0 aromatic heterocycles. The number of hydrogen-bond acceptors (Lipinski definition) is 2. The SMILES string of the molecule is CCC(N)Cc1cccc(OCc2cccc(F)c2)c1. The van der Waals surface area contributed by atoms with Gasteiger partial charge in [0, 0.05) is 6.04 Å². The Morgan fingerprint density at radius 1 is 1.10 bits per heavy atom. The third-order valence-corrected chi connectivity index (χ3v) is 3.22. The van der Waals surface area contributed by atoms with Crippen LogP contribution < -0.4 is 10.5 Å². The quantitative estimate of drug-likeness (QED) is 0.871. The van der Waals surface area contributed by atoms with E-state index in [1.165, 1.54) is 12.1 Å². The van der Waals surface area contributed by atoms with E-state index in [9.17, 15) is 4.39 Å². The molecule has 0 radical (unpaired) electrons. The summed E-state index contributed by atoms with van der Waals surface area (Å²) < 4.78 is 18.8. The molecular weight excluding hydrogens is 253 g/mol. The van der Waals surface area contributed by atoms with Gasteiger partial charge in [-0.1, -0.05) is 31.2 Å². The lowest BCUT2D eigenvalue weighted by molar-refractivity contribution is 0.305. The van der Waals surface area contributed by atoms with Crippen molar-refractivity contribution in [2.45, 2.75) is 32.4 Å². The molecule has 0 aliphatic rings. The average molecular weight is 273 g/mol. The van der Waals surface area contributed by atoms with Crippen LogP contribution >= 0.6 is 0 Å². The molecule has 1 atom stereocenters. The standard InChI is InChI=1S/C17H20FNO/c1-2-16(19)10-13-5-4-8-17(11-13)20-12-14-6-3-7-15(18)9-14/h3-9,11,16H,2,10,12,19H2,1H3. The Balaban J connectivity index is 1.97. The summed E-state index contributed by atoms with van der Waals surface area (Å²) in [7, 11) is 0. The van der Waals surface area contributed by atoms with Gasteiger partial charge < -0.3 is 10.5 Å². The Morgan fingerprint density at radius 2 is 1.85 bits per heavy atom. The van der Waals surface area contributed by atoms with Gasteiger partial charge in [-0.2, -0.15) is 0 Å². The molecule has 3 heteroatoms. The zero-order valence-corrected chi connectivity index (χ0v) is 11.7. The van der Waals surface area contributed by atoms with Crippen molar-refractivity contribution in [1.82, 2.24) is 0 Å². The molecule has 2 rings (SSSR count). The smallest absolute Gasteiger partial charge is 0.123 e. The van der Waals surface area contributed by atoms with Crippen LogP contribution in [0, 0.1) is 5.82 Å². The maximum Gasteiger partial charge on any atom is 0.123 e. The summed E-state index contributed by atoms with van der Waals surface area (Å²) in [6, 6.07) is 14.5. The van der Waals surface area contributed by atoms with Crippen LogP contribution in [0.25, 0.3) is 0 Å². The summed E-state index contributed by atoms with van der Waals surface area (Å²) in [4.78, 5) is 0. The van der Waals surface area contributed by atoms with Crippen LogP contribution in [-0.2, 0) is 13.0 Å². The molecule has 2 N–H and O–H groups in total. The molecular formula is C17H20FNO. The molecule has 0 aliphatic heterocycles. The normalized spacial score (nSPS) is 12.2. The largest absolute Gasteiger partial charge is 0.489 e. The Hall–Kier alpha value is -1.87. The van der Waals surface area contributed by atoms with Crippen molar-refractivity contribution in [3.8, 4) is 5.75 Å². The van der Waals surface area contributed by atoms with Gasteiger partial charge >= 0.3 is 0 Å². The summed E-state index contributed by atoms with van der Waals surface area (Å²) in [5.74, 6) is 0.545. The van der Waals surface area contributed by atoms with Crippen LogP contribution in [0.5, 0.6) is 5.75 Å². The van der Waals surface area contributed by atoms with Crippen LogP contribution in [0.2, 0.25) is 0 Å². The zero-order chi connectivity index (χ0) is 14.4. The minimum Gasteiger partial charge on any atom is -0.489 e. The van der Waals surface area contributed by atoms with E-state index in [4.69, 9.17) is 10.5 Å². The van der Waals surface area contributed by atoms with E-state index >= 15 is 0 Å². The molecule has 0 fully saturated rings. The van der Waals surface area contributed by atoms with Gasteiger partial charge in [-0.05, 0) is 48.2 Å². The van der Waals surface area contributed by atoms with Crippen LogP contribution in [0.1, 0.15) is 24.5 Å². The lowest BCUT2D eigenvalue weighted by atomic mass is 10.0. The highest BCUT2D eigenvalue weighted by Crippen LogP contribution is 2.17. The van der Waals surface area contributed by atoms with Crippen LogP contribution in [0.3, 0.4) is 0 Å². The maximum absolute atomic E-state index is 13.1. The van der Waals surface area contributed by atoms with E-state index < -0.39 is 0 Å². The van der Waals surface area contributed by atoms with E-state index in [1.807, 2.05) is 30.3 Å². The highest BCUT2D eigenvalue weighted by Gasteiger charge is 2.03. The summed E-state index contributed by atoms with van der Waals surface area (Å²) in [6.45, 7) is 2.44. The minimum atomic E-state index is -0.242. The molecule has 1 unspecified atom stereocenters. The lowest BCUT2D eigenvalue weighted by Crippen LogP contribution is -2.21. The number of halogens is 1. The average Bonchev–Trinajstić information content (AvgIpc) is 2.45. The predicted molar refractivity (Wildman–Crippen MR) is 79.1 cm³/mol. The van der Waals surface area contributed by atoms with Gasteiger partial charge in [0.2, 0.25) is 0 Å². The van der Waals surface area contributed by atoms with Gasteiger partial charge in [-0.3, -0.25) is 0 Å². The summed E-state index contributed by atoms with van der Waals surface area (Å²) in [5, 5.41) is 0. The maximum atomic E-state index is 13.1. The van der Waals surface area contributed by atoms with Gasteiger partial charge in [0.05, 0.1) is 0 Å². The van der Waals surface area contributed by atoms with Gasteiger partial charge in [0.1, 0.15) is 18.2 Å². The van der Waals surface area contributed by atoms with Crippen LogP contribution in [0.4, 0.5) is 4.39 Å². The Bertz CT molecular complexity index is 556. The van der Waals surface area contributed by atoms with Crippen LogP contribution in [0.15, 0.2) is 48.5 Å². The molecule has 0 saturated heterocycles. The van der Waals surface area contributed by atoms with Crippen molar-refractivity contribution >= 4 is 0 Å². The molecule has 0 spiro atoms. The molecule has 0 aliphatic carbocycles. The van der Waals surface area contributed by atoms with Gasteiger partial charge in [-0.25, -0.2) is 4.39 Å². The van der Waals surface area contributed by atoms with Crippen molar-refractivity contribution in [2.75, 3.05) is 0 Å². The summed E-state index contributed by atoms with van der Waals surface area (Å²) >= 11 is 0. The summed E-state index contributed by atoms with van der Waals surface area (Å²) in [5.41, 5.74) is 7.94. The molecule has 0 bridgehead atoms. The second kappa shape index (κ2) is 7.06. The molecule has 0 saturated carbocycles. The van der Waals surface area contributed by atoms with Crippen molar-refractivity contribution in [3.63, 3.8) is 0 Å². The van der Waals surface area contributed by atoms with E-state index in [0.29, 0.717) is 6.61 Å². The molecule has 2 aromatic rings. The third kappa shape index (κ3) is 4.35. The first-order chi connectivity index (χ1) is 9.67. The molecule has 2 nitrogen and oxygen atoms in total. The molecule has 0 heterocycles. The minimum absolute atomic E-state index is 0.175. The highest BCUT2D eigenvalue weighted by atomic mass is 19.1. The second-order valence-corrected chi connectivity index (χ2v) is 4.94. The lowest BCUT2D eigenvalue weighted by Gasteiger charge is -2.11. The number of nitrogens with two attached hydrogens (primary N) is 1. The summed E-state index contributed by atoms with van der Waals surface area (Å²) in [6.07, 6.45) is 1.79. The first-order valence-electron chi connectivity index (χ1n) is 6.89. The van der Waals surface area contributed by atoms with Gasteiger partial charge in [0.25, 0.3) is 0 Å². The zero-order valence-electron chi connectivity index (χ0n) is 11.7. The van der Waals surface area contributed by atoms with Crippen molar-refractivity contribution in [3.05, 3.63) is 65.5 Å². The Labute approximate surface area is 119 Å².